The number of nitrogens with one attached hydrogen (secondary N) is 1. The Balaban J connectivity index is 2.10. The Bertz CT molecular complexity index is 537. The third-order valence-corrected chi connectivity index (χ3v) is 6.15. The van der Waals surface area contributed by atoms with Crippen LogP contribution in [0.15, 0.2) is 23.1 Å². The summed E-state index contributed by atoms with van der Waals surface area (Å²) in [6.45, 7) is 2.19. The maximum atomic E-state index is 12.2. The monoisotopic (exact) mass is 301 g/mol. The highest BCUT2D eigenvalue weighted by Gasteiger charge is 2.20. The maximum Gasteiger partial charge on any atom is 0.240 e. The first-order chi connectivity index (χ1) is 9.03. The van der Waals surface area contributed by atoms with Gasteiger partial charge in [-0.15, -0.1) is 0 Å². The molecule has 19 heavy (non-hydrogen) atoms. The Morgan fingerprint density at radius 2 is 2.26 bits per heavy atom. The molecule has 1 aliphatic rings. The minimum absolute atomic E-state index is 0.145. The van der Waals surface area contributed by atoms with Crippen LogP contribution in [0, 0.1) is 6.92 Å². The summed E-state index contributed by atoms with van der Waals surface area (Å²) >= 11 is 1.82. The van der Waals surface area contributed by atoms with Gasteiger partial charge in [-0.25, -0.2) is 13.1 Å². The quantitative estimate of drug-likeness (QED) is 0.868. The van der Waals surface area contributed by atoms with Crippen LogP contribution in [-0.4, -0.2) is 31.1 Å². The van der Waals surface area contributed by atoms with Gasteiger partial charge in [0.05, 0.1) is 11.5 Å². The summed E-state index contributed by atoms with van der Waals surface area (Å²) in [6.07, 6.45) is 2.24. The van der Waals surface area contributed by atoms with Crippen molar-refractivity contribution in [1.29, 1.82) is 0 Å². The van der Waals surface area contributed by atoms with Gasteiger partial charge in [0.1, 0.15) is 0 Å². The first-order valence-corrected chi connectivity index (χ1v) is 8.88. The van der Waals surface area contributed by atoms with Crippen molar-refractivity contribution in [1.82, 2.24) is 4.72 Å². The van der Waals surface area contributed by atoms with Gasteiger partial charge in [-0.1, -0.05) is 6.07 Å². The van der Waals surface area contributed by atoms with E-state index >= 15 is 0 Å². The zero-order valence-electron chi connectivity index (χ0n) is 10.9. The van der Waals surface area contributed by atoms with Crippen LogP contribution < -0.4 is 4.72 Å². The number of thioether (sulfide) groups is 1. The fraction of sp³-hybridized carbons (Fsp3) is 0.538. The van der Waals surface area contributed by atoms with Gasteiger partial charge in [-0.2, -0.15) is 11.8 Å². The number of aliphatic hydroxyl groups excluding tert-OH is 1. The van der Waals surface area contributed by atoms with E-state index in [0.717, 1.165) is 24.2 Å². The predicted molar refractivity (Wildman–Crippen MR) is 77.8 cm³/mol. The summed E-state index contributed by atoms with van der Waals surface area (Å²) in [5.41, 5.74) is 1.55. The zero-order valence-corrected chi connectivity index (χ0v) is 12.6. The zero-order chi connectivity index (χ0) is 13.9. The van der Waals surface area contributed by atoms with Gasteiger partial charge >= 0.3 is 0 Å². The highest BCUT2D eigenvalue weighted by molar-refractivity contribution is 8.00. The van der Waals surface area contributed by atoms with E-state index in [4.69, 9.17) is 0 Å². The second-order valence-corrected chi connectivity index (χ2v) is 7.91. The van der Waals surface area contributed by atoms with Crippen LogP contribution in [0.5, 0.6) is 0 Å². The highest BCUT2D eigenvalue weighted by Crippen LogP contribution is 2.25. The van der Waals surface area contributed by atoms with Gasteiger partial charge in [-0.05, 0) is 48.8 Å². The Kier molecular flexibility index (Phi) is 4.89. The van der Waals surface area contributed by atoms with Crippen LogP contribution in [-0.2, 0) is 16.6 Å². The van der Waals surface area contributed by atoms with Crippen LogP contribution in [0.3, 0.4) is 0 Å². The molecule has 1 saturated heterocycles. The minimum atomic E-state index is -3.47. The molecule has 0 saturated carbocycles. The average Bonchev–Trinajstić information content (AvgIpc) is 2.90. The molecule has 4 nitrogen and oxygen atoms in total. The van der Waals surface area contributed by atoms with Crippen molar-refractivity contribution in [3.05, 3.63) is 29.3 Å². The Labute approximate surface area is 118 Å². The van der Waals surface area contributed by atoms with Crippen molar-refractivity contribution in [3.63, 3.8) is 0 Å². The van der Waals surface area contributed by atoms with Gasteiger partial charge in [0.25, 0.3) is 0 Å². The molecule has 2 rings (SSSR count). The highest BCUT2D eigenvalue weighted by atomic mass is 32.2. The molecule has 1 atom stereocenters. The molecule has 0 aliphatic carbocycles. The van der Waals surface area contributed by atoms with Gasteiger partial charge < -0.3 is 5.11 Å². The summed E-state index contributed by atoms with van der Waals surface area (Å²) in [4.78, 5) is 0.227. The second kappa shape index (κ2) is 6.26. The molecule has 0 radical (unpaired) electrons. The first-order valence-electron chi connectivity index (χ1n) is 6.34. The predicted octanol–water partition coefficient (Wildman–Crippen LogP) is 1.66. The molecule has 0 bridgehead atoms. The average molecular weight is 301 g/mol. The van der Waals surface area contributed by atoms with E-state index < -0.39 is 10.0 Å². The number of aryl methyl sites for hydroxylation is 1. The van der Waals surface area contributed by atoms with E-state index in [1.165, 1.54) is 0 Å². The molecule has 0 amide bonds. The summed E-state index contributed by atoms with van der Waals surface area (Å²) in [5, 5.41) is 9.58. The van der Waals surface area contributed by atoms with Gasteiger partial charge in [-0.3, -0.25) is 0 Å². The van der Waals surface area contributed by atoms with Crippen LogP contribution in [0.1, 0.15) is 24.0 Å². The van der Waals surface area contributed by atoms with E-state index in [1.54, 1.807) is 18.2 Å². The number of aliphatic hydroxyl groups is 1. The summed E-state index contributed by atoms with van der Waals surface area (Å²) < 4.78 is 27.0. The van der Waals surface area contributed by atoms with Gasteiger partial charge in [0, 0.05) is 11.8 Å². The fourth-order valence-corrected chi connectivity index (χ4v) is 4.52. The molecule has 2 N–H and O–H groups in total. The third kappa shape index (κ3) is 3.72. The number of benzene rings is 1. The Morgan fingerprint density at radius 3 is 2.89 bits per heavy atom. The van der Waals surface area contributed by atoms with Gasteiger partial charge in [0.15, 0.2) is 0 Å². The number of hydrogen-bond acceptors (Lipinski definition) is 4. The van der Waals surface area contributed by atoms with E-state index in [1.807, 2.05) is 18.7 Å². The van der Waals surface area contributed by atoms with Crippen LogP contribution >= 0.6 is 11.8 Å². The number of sulfonamides is 1. The van der Waals surface area contributed by atoms with E-state index in [2.05, 4.69) is 4.72 Å². The largest absolute Gasteiger partial charge is 0.392 e. The van der Waals surface area contributed by atoms with E-state index in [-0.39, 0.29) is 11.5 Å². The molecular formula is C13H19NO3S2. The standard InChI is InChI=1S/C13H19NO3S2/c1-10-4-5-13(7-11(10)9-15)19(16,17)14-8-12-3-2-6-18-12/h4-5,7,12,14-15H,2-3,6,8-9H2,1H3. The fourth-order valence-electron chi connectivity index (χ4n) is 2.08. The van der Waals surface area contributed by atoms with Crippen LogP contribution in [0.2, 0.25) is 0 Å². The molecule has 1 aromatic carbocycles. The Morgan fingerprint density at radius 1 is 1.47 bits per heavy atom. The lowest BCUT2D eigenvalue weighted by Crippen LogP contribution is -2.29. The molecule has 1 heterocycles. The third-order valence-electron chi connectivity index (χ3n) is 3.33. The molecule has 1 unspecified atom stereocenters. The summed E-state index contributed by atoms with van der Waals surface area (Å²) in [6, 6.07) is 4.85. The molecule has 1 aromatic rings. The normalized spacial score (nSPS) is 19.8. The molecule has 0 spiro atoms. The van der Waals surface area contributed by atoms with E-state index in [0.29, 0.717) is 17.4 Å². The van der Waals surface area contributed by atoms with Gasteiger partial charge in [0.2, 0.25) is 10.0 Å². The van der Waals surface area contributed by atoms with Crippen molar-refractivity contribution in [2.45, 2.75) is 36.5 Å². The second-order valence-electron chi connectivity index (χ2n) is 4.73. The lowest BCUT2D eigenvalue weighted by Gasteiger charge is -2.12. The van der Waals surface area contributed by atoms with Crippen molar-refractivity contribution in [2.75, 3.05) is 12.3 Å². The van der Waals surface area contributed by atoms with Crippen LogP contribution in [0.25, 0.3) is 0 Å². The lowest BCUT2D eigenvalue weighted by molar-refractivity contribution is 0.280. The molecular weight excluding hydrogens is 282 g/mol. The summed E-state index contributed by atoms with van der Waals surface area (Å²) in [7, 11) is -3.47. The minimum Gasteiger partial charge on any atom is -0.392 e. The molecule has 106 valence electrons. The topological polar surface area (TPSA) is 66.4 Å². The van der Waals surface area contributed by atoms with Crippen molar-refractivity contribution >= 4 is 21.8 Å². The van der Waals surface area contributed by atoms with Crippen molar-refractivity contribution in [3.8, 4) is 0 Å². The molecule has 1 aliphatic heterocycles. The van der Waals surface area contributed by atoms with Crippen molar-refractivity contribution < 1.29 is 13.5 Å². The molecule has 0 aromatic heterocycles. The summed E-state index contributed by atoms with van der Waals surface area (Å²) in [5.74, 6) is 1.12. The lowest BCUT2D eigenvalue weighted by atomic mass is 10.1. The first kappa shape index (κ1) is 14.8. The Hall–Kier alpha value is -0.560. The SMILES string of the molecule is Cc1ccc(S(=O)(=O)NCC2CCCS2)cc1CO. The number of hydrogen-bond donors (Lipinski definition) is 2. The molecule has 1 fully saturated rings. The number of rotatable bonds is 5. The molecule has 6 heteroatoms. The smallest absolute Gasteiger partial charge is 0.240 e. The van der Waals surface area contributed by atoms with E-state index in [9.17, 15) is 13.5 Å². The van der Waals surface area contributed by atoms with Crippen molar-refractivity contribution in [2.24, 2.45) is 0 Å². The maximum absolute atomic E-state index is 12.2. The van der Waals surface area contributed by atoms with Crippen LogP contribution in [0.4, 0.5) is 0 Å².